The van der Waals surface area contributed by atoms with Gasteiger partial charge in [-0.05, 0) is 5.56 Å². The fourth-order valence-corrected chi connectivity index (χ4v) is 3.67. The minimum Gasteiger partial charge on any atom is -0.386 e. The average molecular weight is 282 g/mol. The van der Waals surface area contributed by atoms with Crippen LogP contribution in [0.25, 0.3) is 0 Å². The highest BCUT2D eigenvalue weighted by atomic mass is 16.7. The van der Waals surface area contributed by atoms with Gasteiger partial charge in [-0.1, -0.05) is 30.3 Å². The maximum Gasteiger partial charge on any atom is 0.292 e. The lowest BCUT2D eigenvalue weighted by atomic mass is 9.93. The van der Waals surface area contributed by atoms with Gasteiger partial charge in [0.1, 0.15) is 11.3 Å². The predicted molar refractivity (Wildman–Crippen MR) is 73.6 cm³/mol. The van der Waals surface area contributed by atoms with E-state index in [1.54, 1.807) is 0 Å². The third-order valence-electron chi connectivity index (χ3n) is 4.61. The second kappa shape index (κ2) is 4.05. The summed E-state index contributed by atoms with van der Waals surface area (Å²) in [4.78, 5) is 4.15. The van der Waals surface area contributed by atoms with Crippen molar-refractivity contribution < 1.29 is 9.47 Å². The molecule has 6 heteroatoms. The zero-order valence-corrected chi connectivity index (χ0v) is 11.7. The Balaban J connectivity index is 2.26. The van der Waals surface area contributed by atoms with E-state index in [4.69, 9.17) is 15.2 Å². The van der Waals surface area contributed by atoms with Crippen LogP contribution in [0.15, 0.2) is 35.3 Å². The Kier molecular flexibility index (Phi) is 2.61. The van der Waals surface area contributed by atoms with Crippen molar-refractivity contribution in [2.45, 2.75) is 11.8 Å². The van der Waals surface area contributed by atoms with Crippen LogP contribution < -0.4 is 5.73 Å². The molecule has 21 heavy (non-hydrogen) atoms. The molecule has 2 aliphatic rings. The van der Waals surface area contributed by atoms with E-state index < -0.39 is 22.7 Å². The van der Waals surface area contributed by atoms with E-state index in [2.05, 4.69) is 17.1 Å². The second-order valence-corrected chi connectivity index (χ2v) is 5.17. The Labute approximate surface area is 122 Å². The number of hydrogen-bond donors (Lipinski definition) is 1. The minimum atomic E-state index is -1.55. The van der Waals surface area contributed by atoms with Crippen molar-refractivity contribution in [1.29, 1.82) is 10.5 Å². The van der Waals surface area contributed by atoms with Crippen LogP contribution in [0.5, 0.6) is 0 Å². The summed E-state index contributed by atoms with van der Waals surface area (Å²) >= 11 is 0. The van der Waals surface area contributed by atoms with Crippen molar-refractivity contribution in [3.05, 3.63) is 35.9 Å². The SMILES string of the molecule is COC1(OC)N=C(N)[C@@]2(C#N)[C@H](c3ccccc3)[C@@]12C#N. The van der Waals surface area contributed by atoms with E-state index in [9.17, 15) is 10.5 Å². The number of fused-ring (bicyclic) bond motifs is 1. The molecular formula is C15H14N4O2. The highest BCUT2D eigenvalue weighted by Gasteiger charge is 2.93. The summed E-state index contributed by atoms with van der Waals surface area (Å²) in [5.74, 6) is -1.90. The molecule has 1 saturated carbocycles. The molecule has 3 atom stereocenters. The third-order valence-corrected chi connectivity index (χ3v) is 4.61. The first kappa shape index (κ1) is 13.6. The number of methoxy groups -OCH3 is 2. The molecule has 6 nitrogen and oxygen atoms in total. The lowest BCUT2D eigenvalue weighted by Crippen LogP contribution is -2.41. The fourth-order valence-electron chi connectivity index (χ4n) is 3.67. The normalized spacial score (nSPS) is 35.2. The van der Waals surface area contributed by atoms with E-state index in [-0.39, 0.29) is 5.84 Å². The van der Waals surface area contributed by atoms with Gasteiger partial charge in [0, 0.05) is 20.1 Å². The van der Waals surface area contributed by atoms with E-state index in [0.717, 1.165) is 5.56 Å². The number of rotatable bonds is 3. The van der Waals surface area contributed by atoms with Crippen LogP contribution in [-0.2, 0) is 9.47 Å². The molecule has 2 N–H and O–H groups in total. The van der Waals surface area contributed by atoms with E-state index in [1.807, 2.05) is 30.3 Å². The number of hydrogen-bond acceptors (Lipinski definition) is 6. The van der Waals surface area contributed by atoms with Crippen molar-refractivity contribution >= 4 is 5.84 Å². The van der Waals surface area contributed by atoms with Gasteiger partial charge in [-0.15, -0.1) is 0 Å². The summed E-state index contributed by atoms with van der Waals surface area (Å²) in [6.45, 7) is 0. The zero-order valence-electron chi connectivity index (χ0n) is 11.7. The molecule has 1 heterocycles. The summed E-state index contributed by atoms with van der Waals surface area (Å²) in [5, 5.41) is 19.5. The lowest BCUT2D eigenvalue weighted by molar-refractivity contribution is -0.230. The van der Waals surface area contributed by atoms with Crippen molar-refractivity contribution in [3.63, 3.8) is 0 Å². The molecule has 1 fully saturated rings. The molecule has 0 unspecified atom stereocenters. The van der Waals surface area contributed by atoms with Crippen molar-refractivity contribution in [2.75, 3.05) is 14.2 Å². The maximum absolute atomic E-state index is 9.82. The van der Waals surface area contributed by atoms with E-state index in [0.29, 0.717) is 0 Å². The number of ether oxygens (including phenoxy) is 2. The number of amidine groups is 1. The van der Waals surface area contributed by atoms with Crippen LogP contribution in [-0.4, -0.2) is 26.0 Å². The monoisotopic (exact) mass is 282 g/mol. The van der Waals surface area contributed by atoms with E-state index in [1.165, 1.54) is 14.2 Å². The molecule has 1 aromatic rings. The van der Waals surface area contributed by atoms with Gasteiger partial charge in [0.25, 0.3) is 5.91 Å². The van der Waals surface area contributed by atoms with Gasteiger partial charge in [0.15, 0.2) is 5.41 Å². The fraction of sp³-hybridized carbons (Fsp3) is 0.400. The number of nitriles is 2. The van der Waals surface area contributed by atoms with Gasteiger partial charge < -0.3 is 15.2 Å². The molecule has 1 aromatic carbocycles. The summed E-state index contributed by atoms with van der Waals surface area (Å²) in [6, 6.07) is 13.7. The number of benzene rings is 1. The van der Waals surface area contributed by atoms with Gasteiger partial charge in [-0.25, -0.2) is 4.99 Å². The molecule has 1 aliphatic heterocycles. The Morgan fingerprint density at radius 2 is 1.76 bits per heavy atom. The molecular weight excluding hydrogens is 268 g/mol. The van der Waals surface area contributed by atoms with Gasteiger partial charge in [0.05, 0.1) is 12.1 Å². The third kappa shape index (κ3) is 1.16. The van der Waals surface area contributed by atoms with Crippen LogP contribution in [0.4, 0.5) is 0 Å². The minimum absolute atomic E-state index is 0.0871. The predicted octanol–water partition coefficient (Wildman–Crippen LogP) is 1.12. The zero-order chi connectivity index (χ0) is 15.3. The molecule has 0 aromatic heterocycles. The summed E-state index contributed by atoms with van der Waals surface area (Å²) in [5.41, 5.74) is 4.35. The second-order valence-electron chi connectivity index (χ2n) is 5.17. The van der Waals surface area contributed by atoms with Crippen LogP contribution >= 0.6 is 0 Å². The van der Waals surface area contributed by atoms with Gasteiger partial charge >= 0.3 is 0 Å². The Morgan fingerprint density at radius 1 is 1.14 bits per heavy atom. The first-order chi connectivity index (χ1) is 10.1. The van der Waals surface area contributed by atoms with Crippen LogP contribution in [0, 0.1) is 33.5 Å². The maximum atomic E-state index is 9.82. The first-order valence-corrected chi connectivity index (χ1v) is 6.43. The number of nitrogens with zero attached hydrogens (tertiary/aromatic N) is 3. The number of aliphatic imine (C=N–C) groups is 1. The van der Waals surface area contributed by atoms with Gasteiger partial charge in [0.2, 0.25) is 0 Å². The summed E-state index contributed by atoms with van der Waals surface area (Å²) in [6.07, 6.45) is 0. The Bertz CT molecular complexity index is 699. The van der Waals surface area contributed by atoms with Crippen LogP contribution in [0.2, 0.25) is 0 Å². The van der Waals surface area contributed by atoms with Crippen molar-refractivity contribution in [3.8, 4) is 12.1 Å². The summed E-state index contributed by atoms with van der Waals surface area (Å²) < 4.78 is 10.8. The van der Waals surface area contributed by atoms with Gasteiger partial charge in [-0.3, -0.25) is 0 Å². The standard InChI is InChI=1S/C15H14N4O2/c1-20-15(21-2)14(9-17)11(10-6-4-3-5-7-10)13(14,8-16)12(18)19-15/h3-7,11H,1-2H3,(H2,18,19)/t11-,13+,14+/m0/s1. The van der Waals surface area contributed by atoms with Crippen molar-refractivity contribution in [2.24, 2.45) is 21.6 Å². The molecule has 0 bridgehead atoms. The first-order valence-electron chi connectivity index (χ1n) is 6.43. The average Bonchev–Trinajstić information content (AvgIpc) is 3.11. The highest BCUT2D eigenvalue weighted by molar-refractivity contribution is 6.00. The molecule has 0 radical (unpaired) electrons. The Hall–Kier alpha value is -2.41. The summed E-state index contributed by atoms with van der Waals surface area (Å²) in [7, 11) is 2.79. The largest absolute Gasteiger partial charge is 0.386 e. The smallest absolute Gasteiger partial charge is 0.292 e. The highest BCUT2D eigenvalue weighted by Crippen LogP contribution is 2.81. The Morgan fingerprint density at radius 3 is 2.24 bits per heavy atom. The molecule has 0 saturated heterocycles. The van der Waals surface area contributed by atoms with Gasteiger partial charge in [-0.2, -0.15) is 10.5 Å². The molecule has 3 rings (SSSR count). The lowest BCUT2D eigenvalue weighted by Gasteiger charge is -2.29. The molecule has 0 spiro atoms. The topological polar surface area (TPSA) is 104 Å². The molecule has 0 amide bonds. The quantitative estimate of drug-likeness (QED) is 0.836. The van der Waals surface area contributed by atoms with Crippen LogP contribution in [0.3, 0.4) is 0 Å². The molecule has 106 valence electrons. The van der Waals surface area contributed by atoms with E-state index >= 15 is 0 Å². The number of nitrogens with two attached hydrogens (primary N) is 1. The molecule has 1 aliphatic carbocycles. The van der Waals surface area contributed by atoms with Crippen LogP contribution in [0.1, 0.15) is 11.5 Å². The van der Waals surface area contributed by atoms with Crippen molar-refractivity contribution in [1.82, 2.24) is 0 Å².